The number of carbonyl (C=O) groups excluding carboxylic acids is 1. The molecule has 0 aliphatic rings. The lowest BCUT2D eigenvalue weighted by Gasteiger charge is -2.21. The molecule has 2 N–H and O–H groups in total. The van der Waals surface area contributed by atoms with Crippen molar-refractivity contribution in [2.24, 2.45) is 0 Å². The first-order valence-corrected chi connectivity index (χ1v) is 10.3. The van der Waals surface area contributed by atoms with Crippen molar-refractivity contribution in [3.05, 3.63) is 35.9 Å². The highest BCUT2D eigenvalue weighted by atomic mass is 31.2. The maximum Gasteiger partial charge on any atom is 0.474 e. The van der Waals surface area contributed by atoms with E-state index in [1.54, 1.807) is 20.8 Å². The summed E-state index contributed by atoms with van der Waals surface area (Å²) in [5.41, 5.74) is 0.315. The second kappa shape index (κ2) is 12.2. The number of hydrogen-bond acceptors (Lipinski definition) is 8. The molecule has 28 heavy (non-hydrogen) atoms. The molecule has 160 valence electrons. The molecule has 0 fully saturated rings. The highest BCUT2D eigenvalue weighted by Crippen LogP contribution is 2.48. The maximum atomic E-state index is 12.4. The van der Waals surface area contributed by atoms with E-state index in [1.165, 1.54) is 7.11 Å². The van der Waals surface area contributed by atoms with Crippen LogP contribution in [0.25, 0.3) is 0 Å². The number of nitrogens with one attached hydrogen (secondary N) is 1. The molecule has 1 rings (SSSR count). The molecule has 0 saturated carbocycles. The van der Waals surface area contributed by atoms with E-state index in [0.717, 1.165) is 5.56 Å². The number of phosphoric acid groups is 1. The molecule has 9 nitrogen and oxygen atoms in total. The second-order valence-electron chi connectivity index (χ2n) is 6.79. The van der Waals surface area contributed by atoms with E-state index in [9.17, 15) is 14.5 Å². The van der Waals surface area contributed by atoms with Gasteiger partial charge < -0.3 is 19.9 Å². The Bertz CT molecular complexity index is 620. The topological polar surface area (TPSA) is 113 Å². The lowest BCUT2D eigenvalue weighted by Crippen LogP contribution is -2.34. The van der Waals surface area contributed by atoms with Crippen molar-refractivity contribution in [1.29, 1.82) is 0 Å². The van der Waals surface area contributed by atoms with Crippen LogP contribution in [-0.2, 0) is 34.2 Å². The third-order valence-corrected chi connectivity index (χ3v) is 4.61. The molecule has 0 aliphatic carbocycles. The van der Waals surface area contributed by atoms with Gasteiger partial charge in [0.15, 0.2) is 0 Å². The van der Waals surface area contributed by atoms with Gasteiger partial charge in [-0.25, -0.2) is 9.36 Å². The normalized spacial score (nSPS) is 14.9. The molecule has 1 amide bonds. The van der Waals surface area contributed by atoms with Crippen LogP contribution in [-0.4, -0.2) is 56.4 Å². The van der Waals surface area contributed by atoms with Crippen LogP contribution in [0.15, 0.2) is 30.3 Å². The first kappa shape index (κ1) is 24.6. The fourth-order valence-corrected chi connectivity index (χ4v) is 2.83. The van der Waals surface area contributed by atoms with E-state index in [1.807, 2.05) is 30.3 Å². The van der Waals surface area contributed by atoms with Gasteiger partial charge in [0.05, 0.1) is 26.4 Å². The second-order valence-corrected chi connectivity index (χ2v) is 8.56. The monoisotopic (exact) mass is 419 g/mol. The number of benzene rings is 1. The third kappa shape index (κ3) is 10.8. The minimum absolute atomic E-state index is 0.0551. The summed E-state index contributed by atoms with van der Waals surface area (Å²) in [6.45, 7) is 4.94. The first-order chi connectivity index (χ1) is 13.2. The summed E-state index contributed by atoms with van der Waals surface area (Å²) in [6, 6.07) is 9.41. The lowest BCUT2D eigenvalue weighted by molar-refractivity contribution is -0.0309. The van der Waals surface area contributed by atoms with Gasteiger partial charge in [-0.1, -0.05) is 30.3 Å². The molecule has 0 aliphatic heterocycles. The number of ether oxygens (including phenoxy) is 2. The predicted molar refractivity (Wildman–Crippen MR) is 103 cm³/mol. The van der Waals surface area contributed by atoms with E-state index < -0.39 is 25.6 Å². The fraction of sp³-hybridized carbons (Fsp3) is 0.611. The lowest BCUT2D eigenvalue weighted by atomic mass is 10.2. The molecule has 10 heteroatoms. The van der Waals surface area contributed by atoms with Gasteiger partial charge >= 0.3 is 13.9 Å². The number of aliphatic hydroxyl groups excluding tert-OH is 1. The van der Waals surface area contributed by atoms with Gasteiger partial charge in [0.25, 0.3) is 0 Å². The average molecular weight is 419 g/mol. The molecule has 0 heterocycles. The SMILES string of the molecule is COP(=O)(OCCNC(=O)OC(C)(C)C)OC[C@H](CO)OCc1ccccc1. The zero-order valence-electron chi connectivity index (χ0n) is 16.8. The number of phosphoric ester groups is 1. The average Bonchev–Trinajstić information content (AvgIpc) is 2.65. The van der Waals surface area contributed by atoms with Crippen LogP contribution >= 0.6 is 7.82 Å². The number of aliphatic hydroxyl groups is 1. The Balaban J connectivity index is 2.35. The van der Waals surface area contributed by atoms with Gasteiger partial charge in [-0.2, -0.15) is 0 Å². The largest absolute Gasteiger partial charge is 0.474 e. The van der Waals surface area contributed by atoms with Crippen molar-refractivity contribution >= 4 is 13.9 Å². The molecular weight excluding hydrogens is 389 g/mol. The zero-order chi connectivity index (χ0) is 21.0. The molecule has 1 unspecified atom stereocenters. The van der Waals surface area contributed by atoms with Gasteiger partial charge in [0.1, 0.15) is 11.7 Å². The van der Waals surface area contributed by atoms with E-state index in [2.05, 4.69) is 5.32 Å². The molecule has 0 aromatic heterocycles. The summed E-state index contributed by atoms with van der Waals surface area (Å²) in [7, 11) is -2.67. The van der Waals surface area contributed by atoms with E-state index in [0.29, 0.717) is 0 Å². The Morgan fingerprint density at radius 2 is 1.89 bits per heavy atom. The van der Waals surface area contributed by atoms with Crippen molar-refractivity contribution in [3.8, 4) is 0 Å². The van der Waals surface area contributed by atoms with Crippen LogP contribution in [0.5, 0.6) is 0 Å². The fourth-order valence-electron chi connectivity index (χ4n) is 1.88. The van der Waals surface area contributed by atoms with Crippen LogP contribution in [0.4, 0.5) is 4.79 Å². The van der Waals surface area contributed by atoms with Gasteiger partial charge in [-0.15, -0.1) is 0 Å². The van der Waals surface area contributed by atoms with Crippen molar-refractivity contribution in [2.75, 3.05) is 33.5 Å². The summed E-state index contributed by atoms with van der Waals surface area (Å²) < 4.78 is 38.1. The molecule has 1 aromatic rings. The van der Waals surface area contributed by atoms with Crippen molar-refractivity contribution < 1.29 is 37.5 Å². The number of carbonyl (C=O) groups is 1. The smallest absolute Gasteiger partial charge is 0.444 e. The van der Waals surface area contributed by atoms with Crippen LogP contribution in [0.2, 0.25) is 0 Å². The minimum atomic E-state index is -3.85. The Hall–Kier alpha value is -1.48. The number of alkyl carbamates (subject to hydrolysis) is 1. The van der Waals surface area contributed by atoms with Crippen molar-refractivity contribution in [3.63, 3.8) is 0 Å². The Morgan fingerprint density at radius 3 is 2.46 bits per heavy atom. The summed E-state index contributed by atoms with van der Waals surface area (Å²) in [4.78, 5) is 11.5. The summed E-state index contributed by atoms with van der Waals surface area (Å²) in [5, 5.41) is 11.9. The highest BCUT2D eigenvalue weighted by molar-refractivity contribution is 7.48. The zero-order valence-corrected chi connectivity index (χ0v) is 17.6. The molecule has 0 bridgehead atoms. The Morgan fingerprint density at radius 1 is 1.21 bits per heavy atom. The van der Waals surface area contributed by atoms with Gasteiger partial charge in [-0.05, 0) is 26.3 Å². The Labute approximate surface area is 165 Å². The van der Waals surface area contributed by atoms with Gasteiger partial charge in [0.2, 0.25) is 0 Å². The van der Waals surface area contributed by atoms with Gasteiger partial charge in [-0.3, -0.25) is 13.6 Å². The summed E-state index contributed by atoms with van der Waals surface area (Å²) in [5.74, 6) is 0. The number of amides is 1. The van der Waals surface area contributed by atoms with Crippen LogP contribution in [0.1, 0.15) is 26.3 Å². The molecule has 1 aromatic carbocycles. The number of hydrogen-bond donors (Lipinski definition) is 2. The molecule has 0 radical (unpaired) electrons. The minimum Gasteiger partial charge on any atom is -0.444 e. The predicted octanol–water partition coefficient (Wildman–Crippen LogP) is 2.88. The van der Waals surface area contributed by atoms with Gasteiger partial charge in [0, 0.05) is 13.7 Å². The highest BCUT2D eigenvalue weighted by Gasteiger charge is 2.27. The third-order valence-electron chi connectivity index (χ3n) is 3.19. The van der Waals surface area contributed by atoms with Crippen LogP contribution < -0.4 is 5.32 Å². The summed E-state index contributed by atoms with van der Waals surface area (Å²) in [6.07, 6.45) is -1.31. The van der Waals surface area contributed by atoms with Crippen molar-refractivity contribution in [1.82, 2.24) is 5.32 Å². The van der Waals surface area contributed by atoms with Crippen LogP contribution in [0, 0.1) is 0 Å². The van der Waals surface area contributed by atoms with Crippen LogP contribution in [0.3, 0.4) is 0 Å². The van der Waals surface area contributed by atoms with E-state index >= 15 is 0 Å². The maximum absolute atomic E-state index is 12.4. The molecule has 2 atom stereocenters. The first-order valence-electron chi connectivity index (χ1n) is 8.85. The van der Waals surface area contributed by atoms with E-state index in [4.69, 9.17) is 23.0 Å². The molecule has 0 saturated heterocycles. The molecule has 0 spiro atoms. The van der Waals surface area contributed by atoms with Crippen molar-refractivity contribution in [2.45, 2.75) is 39.1 Å². The summed E-state index contributed by atoms with van der Waals surface area (Å²) >= 11 is 0. The van der Waals surface area contributed by atoms with E-state index in [-0.39, 0.29) is 33.0 Å². The quantitative estimate of drug-likeness (QED) is 0.393. The standard InChI is InChI=1S/C18H30NO8P/c1-18(2,3)27-17(21)19-10-11-25-28(22,23-4)26-14-16(12-20)24-13-15-8-6-5-7-9-15/h5-9,16,20H,10-14H2,1-4H3,(H,19,21)/t16-,28?/m0/s1. The number of rotatable bonds is 12. The molecular formula is C18H30NO8P. The Kier molecular flexibility index (Phi) is 10.7.